The second-order valence-corrected chi connectivity index (χ2v) is 8.10. The van der Waals surface area contributed by atoms with Gasteiger partial charge in [0.25, 0.3) is 5.91 Å². The minimum atomic E-state index is -0.113. The highest BCUT2D eigenvalue weighted by atomic mass is 16.5. The normalized spacial score (nSPS) is 18.5. The van der Waals surface area contributed by atoms with Crippen molar-refractivity contribution >= 4 is 11.8 Å². The van der Waals surface area contributed by atoms with Crippen LogP contribution in [0.5, 0.6) is 5.75 Å². The molecule has 1 heterocycles. The van der Waals surface area contributed by atoms with Crippen molar-refractivity contribution in [3.63, 3.8) is 0 Å². The molecule has 0 atom stereocenters. The standard InChI is InChI=1S/C24H31N3O3/c1-16-7-8-17(2)23(18(16)3)30-15-22(28)27-20-11-9-19(10-12-20)24(29)26-14-21-6-4-5-13-25-21/h4-8,13,19-20H,9-12,14-15H2,1-3H3,(H,26,29)(H,27,28). The van der Waals surface area contributed by atoms with E-state index in [0.717, 1.165) is 53.8 Å². The molecule has 2 aromatic rings. The van der Waals surface area contributed by atoms with E-state index in [9.17, 15) is 9.59 Å². The van der Waals surface area contributed by atoms with Gasteiger partial charge in [-0.15, -0.1) is 0 Å². The third-order valence-corrected chi connectivity index (χ3v) is 5.85. The van der Waals surface area contributed by atoms with Crippen LogP contribution in [0.15, 0.2) is 36.5 Å². The Morgan fingerprint density at radius 2 is 1.77 bits per heavy atom. The van der Waals surface area contributed by atoms with Gasteiger partial charge in [-0.2, -0.15) is 0 Å². The van der Waals surface area contributed by atoms with Gasteiger partial charge in [-0.05, 0) is 75.3 Å². The molecular formula is C24H31N3O3. The van der Waals surface area contributed by atoms with Crippen LogP contribution >= 0.6 is 0 Å². The summed E-state index contributed by atoms with van der Waals surface area (Å²) in [6.07, 6.45) is 4.87. The van der Waals surface area contributed by atoms with Gasteiger partial charge < -0.3 is 15.4 Å². The first kappa shape index (κ1) is 21.8. The van der Waals surface area contributed by atoms with Crippen LogP contribution in [-0.2, 0) is 16.1 Å². The molecular weight excluding hydrogens is 378 g/mol. The van der Waals surface area contributed by atoms with Crippen molar-refractivity contribution in [1.82, 2.24) is 15.6 Å². The molecule has 0 unspecified atom stereocenters. The number of aromatic nitrogens is 1. The lowest BCUT2D eigenvalue weighted by Gasteiger charge is -2.28. The molecule has 30 heavy (non-hydrogen) atoms. The number of rotatable bonds is 7. The Kier molecular flexibility index (Phi) is 7.44. The minimum Gasteiger partial charge on any atom is -0.483 e. The van der Waals surface area contributed by atoms with Gasteiger partial charge in [0, 0.05) is 18.2 Å². The number of nitrogens with zero attached hydrogens (tertiary/aromatic N) is 1. The summed E-state index contributed by atoms with van der Waals surface area (Å²) < 4.78 is 5.80. The van der Waals surface area contributed by atoms with Crippen LogP contribution in [0.1, 0.15) is 48.1 Å². The zero-order valence-corrected chi connectivity index (χ0v) is 18.0. The summed E-state index contributed by atoms with van der Waals surface area (Å²) >= 11 is 0. The molecule has 1 aliphatic carbocycles. The molecule has 160 valence electrons. The Hall–Kier alpha value is -2.89. The van der Waals surface area contributed by atoms with E-state index in [-0.39, 0.29) is 30.4 Å². The third-order valence-electron chi connectivity index (χ3n) is 5.85. The first-order valence-corrected chi connectivity index (χ1v) is 10.6. The topological polar surface area (TPSA) is 80.3 Å². The van der Waals surface area contributed by atoms with Crippen LogP contribution in [0.25, 0.3) is 0 Å². The molecule has 2 N–H and O–H groups in total. The lowest BCUT2D eigenvalue weighted by atomic mass is 9.85. The fourth-order valence-electron chi connectivity index (χ4n) is 3.88. The Morgan fingerprint density at radius 1 is 1.03 bits per heavy atom. The minimum absolute atomic E-state index is 0.00397. The summed E-state index contributed by atoms with van der Waals surface area (Å²) in [5.74, 6) is 0.742. The number of amides is 2. The van der Waals surface area contributed by atoms with Gasteiger partial charge in [0.2, 0.25) is 5.91 Å². The van der Waals surface area contributed by atoms with E-state index in [1.165, 1.54) is 0 Å². The fourth-order valence-corrected chi connectivity index (χ4v) is 3.88. The quantitative estimate of drug-likeness (QED) is 0.735. The molecule has 1 fully saturated rings. The third kappa shape index (κ3) is 5.81. The molecule has 0 spiro atoms. The van der Waals surface area contributed by atoms with Gasteiger partial charge in [-0.1, -0.05) is 18.2 Å². The lowest BCUT2D eigenvalue weighted by molar-refractivity contribution is -0.126. The average Bonchev–Trinajstić information content (AvgIpc) is 2.76. The number of nitrogens with one attached hydrogen (secondary N) is 2. The van der Waals surface area contributed by atoms with Gasteiger partial charge in [-0.25, -0.2) is 0 Å². The van der Waals surface area contributed by atoms with Gasteiger partial charge in [-0.3, -0.25) is 14.6 Å². The van der Waals surface area contributed by atoms with Crippen LogP contribution in [0.2, 0.25) is 0 Å². The van der Waals surface area contributed by atoms with Crippen LogP contribution < -0.4 is 15.4 Å². The number of aryl methyl sites for hydroxylation is 2. The number of hydrogen-bond donors (Lipinski definition) is 2. The van der Waals surface area contributed by atoms with E-state index < -0.39 is 0 Å². The number of hydrogen-bond acceptors (Lipinski definition) is 4. The molecule has 0 bridgehead atoms. The summed E-state index contributed by atoms with van der Waals surface area (Å²) in [6.45, 7) is 6.49. The highest BCUT2D eigenvalue weighted by Crippen LogP contribution is 2.26. The van der Waals surface area contributed by atoms with E-state index in [2.05, 4.69) is 21.7 Å². The van der Waals surface area contributed by atoms with Gasteiger partial charge >= 0.3 is 0 Å². The van der Waals surface area contributed by atoms with Crippen molar-refractivity contribution < 1.29 is 14.3 Å². The molecule has 2 amide bonds. The van der Waals surface area contributed by atoms with Crippen LogP contribution in [0.4, 0.5) is 0 Å². The maximum atomic E-state index is 12.4. The molecule has 3 rings (SSSR count). The van der Waals surface area contributed by atoms with E-state index >= 15 is 0 Å². The lowest BCUT2D eigenvalue weighted by Crippen LogP contribution is -2.42. The monoisotopic (exact) mass is 409 g/mol. The Morgan fingerprint density at radius 3 is 2.47 bits per heavy atom. The smallest absolute Gasteiger partial charge is 0.258 e. The molecule has 1 aromatic carbocycles. The van der Waals surface area contributed by atoms with Crippen molar-refractivity contribution in [2.24, 2.45) is 5.92 Å². The second kappa shape index (κ2) is 10.2. The van der Waals surface area contributed by atoms with Gasteiger partial charge in [0.1, 0.15) is 5.75 Å². The van der Waals surface area contributed by atoms with E-state index in [1.54, 1.807) is 6.20 Å². The van der Waals surface area contributed by atoms with Crippen molar-refractivity contribution in [3.05, 3.63) is 58.9 Å². The molecule has 6 nitrogen and oxygen atoms in total. The molecule has 0 radical (unpaired) electrons. The summed E-state index contributed by atoms with van der Waals surface area (Å²) in [5.41, 5.74) is 4.10. The zero-order chi connectivity index (χ0) is 21.5. The highest BCUT2D eigenvalue weighted by molar-refractivity contribution is 5.79. The summed E-state index contributed by atoms with van der Waals surface area (Å²) in [4.78, 5) is 29.0. The summed E-state index contributed by atoms with van der Waals surface area (Å²) in [6, 6.07) is 9.83. The highest BCUT2D eigenvalue weighted by Gasteiger charge is 2.27. The largest absolute Gasteiger partial charge is 0.483 e. The molecule has 6 heteroatoms. The number of carbonyl (C=O) groups is 2. The summed E-state index contributed by atoms with van der Waals surface area (Å²) in [7, 11) is 0. The van der Waals surface area contributed by atoms with Gasteiger partial charge in [0.15, 0.2) is 6.61 Å². The van der Waals surface area contributed by atoms with Crippen molar-refractivity contribution in [2.75, 3.05) is 6.61 Å². The number of benzene rings is 1. The maximum absolute atomic E-state index is 12.4. The number of pyridine rings is 1. The first-order valence-electron chi connectivity index (χ1n) is 10.6. The summed E-state index contributed by atoms with van der Waals surface area (Å²) in [5, 5.41) is 6.02. The fraction of sp³-hybridized carbons (Fsp3) is 0.458. The zero-order valence-electron chi connectivity index (χ0n) is 18.0. The predicted molar refractivity (Wildman–Crippen MR) is 116 cm³/mol. The van der Waals surface area contributed by atoms with Crippen LogP contribution in [0, 0.1) is 26.7 Å². The second-order valence-electron chi connectivity index (χ2n) is 8.10. The number of carbonyl (C=O) groups excluding carboxylic acids is 2. The van der Waals surface area contributed by atoms with Crippen molar-refractivity contribution in [2.45, 2.75) is 59.0 Å². The maximum Gasteiger partial charge on any atom is 0.258 e. The van der Waals surface area contributed by atoms with E-state index in [0.29, 0.717) is 6.54 Å². The molecule has 1 aromatic heterocycles. The van der Waals surface area contributed by atoms with Crippen molar-refractivity contribution in [3.8, 4) is 5.75 Å². The molecule has 1 aliphatic rings. The molecule has 1 saturated carbocycles. The van der Waals surface area contributed by atoms with E-state index in [4.69, 9.17) is 4.74 Å². The predicted octanol–water partition coefficient (Wildman–Crippen LogP) is 3.38. The Balaban J connectivity index is 1.39. The van der Waals surface area contributed by atoms with Gasteiger partial charge in [0.05, 0.1) is 12.2 Å². The van der Waals surface area contributed by atoms with E-state index in [1.807, 2.05) is 45.0 Å². The van der Waals surface area contributed by atoms with Crippen LogP contribution in [-0.4, -0.2) is 29.4 Å². The number of ether oxygens (including phenoxy) is 1. The SMILES string of the molecule is Cc1ccc(C)c(OCC(=O)NC2CCC(C(=O)NCc3ccccn3)CC2)c1C. The Bertz CT molecular complexity index is 875. The molecule has 0 saturated heterocycles. The Labute approximate surface area is 178 Å². The molecule has 0 aliphatic heterocycles. The van der Waals surface area contributed by atoms with Crippen molar-refractivity contribution in [1.29, 1.82) is 0 Å². The van der Waals surface area contributed by atoms with Crippen LogP contribution in [0.3, 0.4) is 0 Å². The first-order chi connectivity index (χ1) is 14.4. The average molecular weight is 410 g/mol.